The van der Waals surface area contributed by atoms with Gasteiger partial charge in [-0.3, -0.25) is 9.69 Å². The molecule has 1 amide bonds. The fourth-order valence-corrected chi connectivity index (χ4v) is 2.48. The number of aliphatic hydroxyl groups excluding tert-OH is 1. The first kappa shape index (κ1) is 13.3. The first-order chi connectivity index (χ1) is 8.54. The van der Waals surface area contributed by atoms with Crippen molar-refractivity contribution in [3.05, 3.63) is 22.7 Å². The number of rotatable bonds is 3. The van der Waals surface area contributed by atoms with Crippen molar-refractivity contribution in [2.45, 2.75) is 12.5 Å². The quantitative estimate of drug-likeness (QED) is 0.728. The average Bonchev–Trinajstić information content (AvgIpc) is 2.68. The van der Waals surface area contributed by atoms with Gasteiger partial charge in [-0.2, -0.15) is 0 Å². The summed E-state index contributed by atoms with van der Waals surface area (Å²) in [5, 5.41) is 12.2. The number of likely N-dealkylation sites (tertiary alicyclic amines) is 1. The lowest BCUT2D eigenvalue weighted by molar-refractivity contribution is -0.117. The highest BCUT2D eigenvalue weighted by Crippen LogP contribution is 2.24. The summed E-state index contributed by atoms with van der Waals surface area (Å²) in [5.41, 5.74) is 6.97. The van der Waals surface area contributed by atoms with Crippen molar-refractivity contribution in [1.29, 1.82) is 0 Å². The van der Waals surface area contributed by atoms with Crippen LogP contribution in [0.15, 0.2) is 22.7 Å². The maximum Gasteiger partial charge on any atom is 0.238 e. The molecule has 1 unspecified atom stereocenters. The van der Waals surface area contributed by atoms with E-state index in [9.17, 15) is 9.90 Å². The van der Waals surface area contributed by atoms with Gasteiger partial charge in [0.2, 0.25) is 5.91 Å². The van der Waals surface area contributed by atoms with Gasteiger partial charge in [0.25, 0.3) is 0 Å². The predicted molar refractivity (Wildman–Crippen MR) is 74.2 cm³/mol. The Hall–Kier alpha value is -1.11. The Labute approximate surface area is 114 Å². The molecule has 1 heterocycles. The van der Waals surface area contributed by atoms with Crippen molar-refractivity contribution in [3.63, 3.8) is 0 Å². The zero-order valence-electron chi connectivity index (χ0n) is 9.90. The van der Waals surface area contributed by atoms with E-state index in [-0.39, 0.29) is 12.0 Å². The van der Waals surface area contributed by atoms with Gasteiger partial charge in [-0.15, -0.1) is 0 Å². The molecule has 0 spiro atoms. The lowest BCUT2D eigenvalue weighted by atomic mass is 10.3. The lowest BCUT2D eigenvalue weighted by Crippen LogP contribution is -2.32. The summed E-state index contributed by atoms with van der Waals surface area (Å²) in [6.07, 6.45) is 0.430. The van der Waals surface area contributed by atoms with Crippen LogP contribution in [0, 0.1) is 0 Å². The van der Waals surface area contributed by atoms with E-state index in [1.807, 2.05) is 4.90 Å². The first-order valence-corrected chi connectivity index (χ1v) is 6.59. The molecule has 1 aliphatic rings. The maximum atomic E-state index is 11.8. The highest BCUT2D eigenvalue weighted by atomic mass is 79.9. The average molecular weight is 314 g/mol. The summed E-state index contributed by atoms with van der Waals surface area (Å²) in [6.45, 7) is 1.63. The Morgan fingerprint density at radius 3 is 3.00 bits per heavy atom. The highest BCUT2D eigenvalue weighted by molar-refractivity contribution is 9.10. The van der Waals surface area contributed by atoms with Gasteiger partial charge in [-0.1, -0.05) is 0 Å². The summed E-state index contributed by atoms with van der Waals surface area (Å²) in [5.74, 6) is -0.0884. The van der Waals surface area contributed by atoms with E-state index in [1.165, 1.54) is 0 Å². The molecule has 1 aliphatic heterocycles. The first-order valence-electron chi connectivity index (χ1n) is 5.80. The number of β-amino-alcohol motifs (C(OH)–C–C–N with tert-alkyl or cyclic N) is 1. The van der Waals surface area contributed by atoms with E-state index in [0.29, 0.717) is 24.5 Å². The molecule has 1 fully saturated rings. The second-order valence-corrected chi connectivity index (χ2v) is 5.32. The minimum Gasteiger partial charge on any atom is -0.399 e. The number of benzene rings is 1. The fourth-order valence-electron chi connectivity index (χ4n) is 1.98. The van der Waals surface area contributed by atoms with Gasteiger partial charge in [0.05, 0.1) is 18.3 Å². The van der Waals surface area contributed by atoms with E-state index < -0.39 is 0 Å². The van der Waals surface area contributed by atoms with Gasteiger partial charge < -0.3 is 16.2 Å². The zero-order chi connectivity index (χ0) is 13.1. The van der Waals surface area contributed by atoms with Crippen LogP contribution in [-0.4, -0.2) is 41.7 Å². The van der Waals surface area contributed by atoms with Crippen LogP contribution in [0.5, 0.6) is 0 Å². The Kier molecular flexibility index (Phi) is 4.21. The number of nitrogens with zero attached hydrogens (tertiary/aromatic N) is 1. The van der Waals surface area contributed by atoms with Gasteiger partial charge in [0, 0.05) is 23.2 Å². The SMILES string of the molecule is Nc1ccc(NC(=O)CN2CCC(O)C2)c(Br)c1. The molecule has 0 bridgehead atoms. The molecule has 4 N–H and O–H groups in total. The second-order valence-electron chi connectivity index (χ2n) is 4.47. The number of halogens is 1. The Morgan fingerprint density at radius 2 is 2.39 bits per heavy atom. The van der Waals surface area contributed by atoms with Crippen LogP contribution in [0.2, 0.25) is 0 Å². The molecule has 1 aromatic rings. The van der Waals surface area contributed by atoms with Gasteiger partial charge in [-0.05, 0) is 40.5 Å². The number of nitrogens with one attached hydrogen (secondary N) is 1. The lowest BCUT2D eigenvalue weighted by Gasteiger charge is -2.15. The van der Waals surface area contributed by atoms with Crippen LogP contribution in [-0.2, 0) is 4.79 Å². The monoisotopic (exact) mass is 313 g/mol. The van der Waals surface area contributed by atoms with Gasteiger partial charge in [0.15, 0.2) is 0 Å². The number of hydrogen-bond donors (Lipinski definition) is 3. The molecule has 1 saturated heterocycles. The summed E-state index contributed by atoms with van der Waals surface area (Å²) in [4.78, 5) is 13.8. The molecule has 2 rings (SSSR count). The van der Waals surface area contributed by atoms with E-state index >= 15 is 0 Å². The van der Waals surface area contributed by atoms with Crippen LogP contribution < -0.4 is 11.1 Å². The second kappa shape index (κ2) is 5.69. The standard InChI is InChI=1S/C12H16BrN3O2/c13-10-5-8(14)1-2-11(10)15-12(18)7-16-4-3-9(17)6-16/h1-2,5,9,17H,3-4,6-7,14H2,(H,15,18). The van der Waals surface area contributed by atoms with Gasteiger partial charge in [-0.25, -0.2) is 0 Å². The number of carbonyl (C=O) groups is 1. The number of amides is 1. The van der Waals surface area contributed by atoms with Crippen molar-refractivity contribution >= 4 is 33.2 Å². The molecule has 5 nitrogen and oxygen atoms in total. The number of nitrogens with two attached hydrogens (primary N) is 1. The molecule has 1 atom stereocenters. The molecule has 6 heteroatoms. The fraction of sp³-hybridized carbons (Fsp3) is 0.417. The minimum absolute atomic E-state index is 0.0884. The Morgan fingerprint density at radius 1 is 1.61 bits per heavy atom. The van der Waals surface area contributed by atoms with Crippen molar-refractivity contribution in [2.75, 3.05) is 30.7 Å². The van der Waals surface area contributed by atoms with E-state index in [1.54, 1.807) is 18.2 Å². The number of nitrogen functional groups attached to an aromatic ring is 1. The van der Waals surface area contributed by atoms with Crippen molar-refractivity contribution in [3.8, 4) is 0 Å². The molecule has 18 heavy (non-hydrogen) atoms. The van der Waals surface area contributed by atoms with E-state index in [4.69, 9.17) is 5.73 Å². The van der Waals surface area contributed by atoms with Gasteiger partial charge >= 0.3 is 0 Å². The normalized spacial score (nSPS) is 20.0. The van der Waals surface area contributed by atoms with Crippen molar-refractivity contribution < 1.29 is 9.90 Å². The maximum absolute atomic E-state index is 11.8. The third-order valence-electron chi connectivity index (χ3n) is 2.88. The third-order valence-corrected chi connectivity index (χ3v) is 3.54. The smallest absolute Gasteiger partial charge is 0.238 e. The summed E-state index contributed by atoms with van der Waals surface area (Å²) >= 11 is 3.35. The molecular formula is C12H16BrN3O2. The molecule has 0 aliphatic carbocycles. The molecular weight excluding hydrogens is 298 g/mol. The predicted octanol–water partition coefficient (Wildman–Crippen LogP) is 1.04. The molecule has 98 valence electrons. The van der Waals surface area contributed by atoms with Crippen LogP contribution >= 0.6 is 15.9 Å². The molecule has 0 saturated carbocycles. The Bertz CT molecular complexity index is 453. The molecule has 0 radical (unpaired) electrons. The minimum atomic E-state index is -0.305. The van der Waals surface area contributed by atoms with Crippen LogP contribution in [0.4, 0.5) is 11.4 Å². The topological polar surface area (TPSA) is 78.6 Å². The van der Waals surface area contributed by atoms with Crippen molar-refractivity contribution in [1.82, 2.24) is 4.90 Å². The summed E-state index contributed by atoms with van der Waals surface area (Å²) in [6, 6.07) is 5.24. The molecule has 1 aromatic carbocycles. The highest BCUT2D eigenvalue weighted by Gasteiger charge is 2.22. The molecule has 0 aromatic heterocycles. The van der Waals surface area contributed by atoms with E-state index in [0.717, 1.165) is 17.4 Å². The number of anilines is 2. The zero-order valence-corrected chi connectivity index (χ0v) is 11.5. The number of aliphatic hydroxyl groups is 1. The largest absolute Gasteiger partial charge is 0.399 e. The van der Waals surface area contributed by atoms with E-state index in [2.05, 4.69) is 21.2 Å². The van der Waals surface area contributed by atoms with Crippen LogP contribution in [0.25, 0.3) is 0 Å². The number of carbonyl (C=O) groups excluding carboxylic acids is 1. The number of hydrogen-bond acceptors (Lipinski definition) is 4. The van der Waals surface area contributed by atoms with Crippen LogP contribution in [0.1, 0.15) is 6.42 Å². The summed E-state index contributed by atoms with van der Waals surface area (Å²) in [7, 11) is 0. The third kappa shape index (κ3) is 3.44. The Balaban J connectivity index is 1.91. The summed E-state index contributed by atoms with van der Waals surface area (Å²) < 4.78 is 0.761. The van der Waals surface area contributed by atoms with Crippen LogP contribution in [0.3, 0.4) is 0 Å². The van der Waals surface area contributed by atoms with Gasteiger partial charge in [0.1, 0.15) is 0 Å². The van der Waals surface area contributed by atoms with Crippen molar-refractivity contribution in [2.24, 2.45) is 0 Å².